The number of nitrogens with zero attached hydrogens (tertiary/aromatic N) is 2. The maximum atomic E-state index is 12.8. The van der Waals surface area contributed by atoms with Crippen molar-refractivity contribution in [2.45, 2.75) is 38.2 Å². The molecule has 0 unspecified atom stereocenters. The lowest BCUT2D eigenvalue weighted by Gasteiger charge is -2.19. The zero-order chi connectivity index (χ0) is 22.3. The number of aromatic nitrogens is 2. The standard InChI is InChI=1S/C20H22BrN3O5S/c1-5-28-17-10-14-16(11-15(17)21)24(19(25)29-20(2,3)4)23-18(14)12-7-6-8-13(9-12)30(22,26)27/h6-11H,5H2,1-4H3,(H2,22,26,27). The van der Waals surface area contributed by atoms with Crippen molar-refractivity contribution in [2.24, 2.45) is 5.14 Å². The highest BCUT2D eigenvalue weighted by Gasteiger charge is 2.24. The molecular weight excluding hydrogens is 474 g/mol. The third-order valence-corrected chi connectivity index (χ3v) is 5.57. The summed E-state index contributed by atoms with van der Waals surface area (Å²) in [7, 11) is -3.90. The molecule has 2 aromatic carbocycles. The molecule has 1 aromatic heterocycles. The molecule has 0 spiro atoms. The van der Waals surface area contributed by atoms with Crippen LogP contribution in [0.1, 0.15) is 27.7 Å². The van der Waals surface area contributed by atoms with Crippen LogP contribution in [0.4, 0.5) is 4.79 Å². The topological polar surface area (TPSA) is 114 Å². The number of primary sulfonamides is 1. The third-order valence-electron chi connectivity index (χ3n) is 4.04. The zero-order valence-corrected chi connectivity index (χ0v) is 19.4. The molecule has 0 atom stereocenters. The van der Waals surface area contributed by atoms with Crippen molar-refractivity contribution < 1.29 is 22.7 Å². The van der Waals surface area contributed by atoms with E-state index in [1.165, 1.54) is 12.1 Å². The summed E-state index contributed by atoms with van der Waals surface area (Å²) in [6.45, 7) is 7.58. The van der Waals surface area contributed by atoms with E-state index in [4.69, 9.17) is 14.6 Å². The van der Waals surface area contributed by atoms with E-state index in [1.807, 2.05) is 6.92 Å². The Morgan fingerprint density at radius 1 is 1.23 bits per heavy atom. The van der Waals surface area contributed by atoms with E-state index >= 15 is 0 Å². The molecule has 30 heavy (non-hydrogen) atoms. The number of rotatable bonds is 4. The second kappa shape index (κ2) is 8.01. The van der Waals surface area contributed by atoms with Crippen LogP contribution in [-0.2, 0) is 14.8 Å². The Balaban J connectivity index is 2.28. The van der Waals surface area contributed by atoms with Gasteiger partial charge in [-0.1, -0.05) is 12.1 Å². The Bertz CT molecular complexity index is 1230. The summed E-state index contributed by atoms with van der Waals surface area (Å²) in [5, 5.41) is 10.3. The molecule has 0 fully saturated rings. The molecule has 160 valence electrons. The molecule has 0 aliphatic carbocycles. The summed E-state index contributed by atoms with van der Waals surface area (Å²) in [5.74, 6) is 0.567. The Morgan fingerprint density at radius 3 is 2.53 bits per heavy atom. The lowest BCUT2D eigenvalue weighted by Crippen LogP contribution is -2.27. The minimum absolute atomic E-state index is 0.0536. The molecule has 0 bridgehead atoms. The monoisotopic (exact) mass is 495 g/mol. The molecule has 0 saturated heterocycles. The first-order valence-electron chi connectivity index (χ1n) is 9.12. The first kappa shape index (κ1) is 22.3. The number of nitrogens with two attached hydrogens (primary N) is 1. The highest BCUT2D eigenvalue weighted by atomic mass is 79.9. The largest absolute Gasteiger partial charge is 0.493 e. The van der Waals surface area contributed by atoms with Gasteiger partial charge >= 0.3 is 6.09 Å². The maximum absolute atomic E-state index is 12.8. The van der Waals surface area contributed by atoms with Gasteiger partial charge in [0.1, 0.15) is 17.0 Å². The normalized spacial score (nSPS) is 12.2. The van der Waals surface area contributed by atoms with Gasteiger partial charge in [-0.05, 0) is 67.9 Å². The Kier molecular flexibility index (Phi) is 5.94. The fraction of sp³-hybridized carbons (Fsp3) is 0.300. The van der Waals surface area contributed by atoms with Gasteiger partial charge in [0.25, 0.3) is 0 Å². The molecule has 3 rings (SSSR count). The van der Waals surface area contributed by atoms with Crippen LogP contribution in [-0.4, -0.2) is 36.5 Å². The quantitative estimate of drug-likeness (QED) is 0.577. The molecule has 2 N–H and O–H groups in total. The second-order valence-electron chi connectivity index (χ2n) is 7.55. The van der Waals surface area contributed by atoms with Crippen LogP contribution in [0.2, 0.25) is 0 Å². The summed E-state index contributed by atoms with van der Waals surface area (Å²) < 4.78 is 36.5. The summed E-state index contributed by atoms with van der Waals surface area (Å²) in [6, 6.07) is 9.53. The molecule has 0 saturated carbocycles. The maximum Gasteiger partial charge on any atom is 0.435 e. The predicted octanol–water partition coefficient (Wildman–Crippen LogP) is 4.30. The van der Waals surface area contributed by atoms with Gasteiger partial charge < -0.3 is 9.47 Å². The van der Waals surface area contributed by atoms with Crippen LogP contribution in [0, 0.1) is 0 Å². The number of hydrogen-bond acceptors (Lipinski definition) is 6. The van der Waals surface area contributed by atoms with E-state index in [0.29, 0.717) is 39.0 Å². The molecule has 0 radical (unpaired) electrons. The van der Waals surface area contributed by atoms with E-state index in [-0.39, 0.29) is 4.90 Å². The number of hydrogen-bond donors (Lipinski definition) is 1. The third kappa shape index (κ3) is 4.66. The minimum Gasteiger partial charge on any atom is -0.493 e. The lowest BCUT2D eigenvalue weighted by atomic mass is 10.1. The van der Waals surface area contributed by atoms with Gasteiger partial charge in [0, 0.05) is 10.9 Å². The molecule has 0 aliphatic heterocycles. The summed E-state index contributed by atoms with van der Waals surface area (Å²) in [6.07, 6.45) is -0.655. The number of benzene rings is 2. The SMILES string of the molecule is CCOc1cc2c(-c3cccc(S(N)(=O)=O)c3)nn(C(=O)OC(C)(C)C)c2cc1Br. The molecule has 1 heterocycles. The van der Waals surface area contributed by atoms with E-state index in [2.05, 4.69) is 21.0 Å². The van der Waals surface area contributed by atoms with Crippen molar-refractivity contribution in [3.8, 4) is 17.0 Å². The van der Waals surface area contributed by atoms with Crippen LogP contribution in [0.15, 0.2) is 45.8 Å². The molecule has 8 nitrogen and oxygen atoms in total. The Labute approximate surface area is 183 Å². The van der Waals surface area contributed by atoms with Gasteiger partial charge in [-0.15, -0.1) is 0 Å². The van der Waals surface area contributed by atoms with Crippen molar-refractivity contribution >= 4 is 42.9 Å². The van der Waals surface area contributed by atoms with Crippen molar-refractivity contribution in [1.82, 2.24) is 9.78 Å². The van der Waals surface area contributed by atoms with E-state index in [0.717, 1.165) is 4.68 Å². The van der Waals surface area contributed by atoms with Crippen LogP contribution in [0.3, 0.4) is 0 Å². The number of carbonyl (C=O) groups excluding carboxylic acids is 1. The van der Waals surface area contributed by atoms with Crippen molar-refractivity contribution in [3.63, 3.8) is 0 Å². The van der Waals surface area contributed by atoms with Crippen molar-refractivity contribution in [3.05, 3.63) is 40.9 Å². The first-order chi connectivity index (χ1) is 13.9. The van der Waals surface area contributed by atoms with Gasteiger partial charge in [0.2, 0.25) is 10.0 Å². The summed E-state index contributed by atoms with van der Waals surface area (Å²) >= 11 is 3.45. The highest BCUT2D eigenvalue weighted by molar-refractivity contribution is 9.10. The highest BCUT2D eigenvalue weighted by Crippen LogP contribution is 2.36. The fourth-order valence-corrected chi connectivity index (χ4v) is 3.86. The molecular formula is C20H22BrN3O5S. The number of fused-ring (bicyclic) bond motifs is 1. The van der Waals surface area contributed by atoms with Crippen molar-refractivity contribution in [1.29, 1.82) is 0 Å². The Hall–Kier alpha value is -2.43. The van der Waals surface area contributed by atoms with Crippen LogP contribution < -0.4 is 9.88 Å². The van der Waals surface area contributed by atoms with E-state index in [1.54, 1.807) is 45.0 Å². The zero-order valence-electron chi connectivity index (χ0n) is 17.0. The fourth-order valence-electron chi connectivity index (χ4n) is 2.86. The average molecular weight is 496 g/mol. The summed E-state index contributed by atoms with van der Waals surface area (Å²) in [4.78, 5) is 12.7. The van der Waals surface area contributed by atoms with Crippen LogP contribution >= 0.6 is 15.9 Å². The first-order valence-corrected chi connectivity index (χ1v) is 11.5. The number of sulfonamides is 1. The van der Waals surface area contributed by atoms with Gasteiger partial charge in [-0.2, -0.15) is 9.78 Å². The smallest absolute Gasteiger partial charge is 0.435 e. The molecule has 3 aromatic rings. The lowest BCUT2D eigenvalue weighted by molar-refractivity contribution is 0.0523. The summed E-state index contributed by atoms with van der Waals surface area (Å²) in [5.41, 5.74) is 0.648. The molecule has 10 heteroatoms. The van der Waals surface area contributed by atoms with Gasteiger partial charge in [0.15, 0.2) is 0 Å². The molecule has 0 aliphatic rings. The molecule has 0 amide bonds. The predicted molar refractivity (Wildman–Crippen MR) is 117 cm³/mol. The number of carbonyl (C=O) groups is 1. The number of ether oxygens (including phenoxy) is 2. The average Bonchev–Trinajstić information content (AvgIpc) is 2.99. The van der Waals surface area contributed by atoms with Crippen LogP contribution in [0.25, 0.3) is 22.2 Å². The van der Waals surface area contributed by atoms with E-state index in [9.17, 15) is 13.2 Å². The Morgan fingerprint density at radius 2 is 1.93 bits per heavy atom. The van der Waals surface area contributed by atoms with E-state index < -0.39 is 21.7 Å². The van der Waals surface area contributed by atoms with Crippen LogP contribution in [0.5, 0.6) is 5.75 Å². The van der Waals surface area contributed by atoms with Gasteiger partial charge in [0.05, 0.1) is 21.5 Å². The van der Waals surface area contributed by atoms with Gasteiger partial charge in [-0.25, -0.2) is 18.4 Å². The minimum atomic E-state index is -3.90. The second-order valence-corrected chi connectivity index (χ2v) is 9.96. The van der Waals surface area contributed by atoms with Gasteiger partial charge in [-0.3, -0.25) is 0 Å². The number of halogens is 1. The van der Waals surface area contributed by atoms with Crippen molar-refractivity contribution in [2.75, 3.05) is 6.61 Å².